The molecule has 1 amide bonds. The normalized spacial score (nSPS) is 22.3. The van der Waals surface area contributed by atoms with Crippen molar-refractivity contribution in [3.05, 3.63) is 28.7 Å². The quantitative estimate of drug-likeness (QED) is 0.838. The number of aryl methyl sites for hydroxylation is 1. The second-order valence-corrected chi connectivity index (χ2v) is 4.63. The number of nitrogens with one attached hydrogen (secondary N) is 1. The number of halogens is 1. The minimum absolute atomic E-state index is 0. The summed E-state index contributed by atoms with van der Waals surface area (Å²) in [6.07, 6.45) is 4.12. The van der Waals surface area contributed by atoms with Gasteiger partial charge in [-0.2, -0.15) is 0 Å². The van der Waals surface area contributed by atoms with Gasteiger partial charge in [0.15, 0.2) is 0 Å². The van der Waals surface area contributed by atoms with E-state index in [1.165, 1.54) is 10.6 Å². The zero-order chi connectivity index (χ0) is 12.4. The van der Waals surface area contributed by atoms with Gasteiger partial charge in [-0.1, -0.05) is 0 Å². The molecule has 2 rings (SSSR count). The highest BCUT2D eigenvalue weighted by molar-refractivity contribution is 5.92. The Hall–Kier alpha value is -1.33. The van der Waals surface area contributed by atoms with E-state index in [9.17, 15) is 9.59 Å². The average Bonchev–Trinajstić information content (AvgIpc) is 2.70. The van der Waals surface area contributed by atoms with E-state index in [0.717, 1.165) is 19.3 Å². The lowest BCUT2D eigenvalue weighted by Gasteiger charge is -2.11. The molecule has 1 aromatic rings. The topological polar surface area (TPSA) is 77.1 Å². The van der Waals surface area contributed by atoms with Crippen LogP contribution in [0.4, 0.5) is 5.69 Å². The van der Waals surface area contributed by atoms with Crippen LogP contribution in [0, 0.1) is 5.92 Å². The Kier molecular flexibility index (Phi) is 4.93. The van der Waals surface area contributed by atoms with Crippen LogP contribution < -0.4 is 16.6 Å². The molecule has 5 nitrogen and oxygen atoms in total. The van der Waals surface area contributed by atoms with Gasteiger partial charge in [0.05, 0.1) is 5.69 Å². The van der Waals surface area contributed by atoms with E-state index >= 15 is 0 Å². The molecule has 1 aliphatic carbocycles. The second kappa shape index (κ2) is 6.02. The largest absolute Gasteiger partial charge is 0.328 e. The Labute approximate surface area is 112 Å². The summed E-state index contributed by atoms with van der Waals surface area (Å²) in [6.45, 7) is 0. The van der Waals surface area contributed by atoms with Crippen molar-refractivity contribution in [2.24, 2.45) is 18.7 Å². The highest BCUT2D eigenvalue weighted by Crippen LogP contribution is 2.25. The fraction of sp³-hybridized carbons (Fsp3) is 0.500. The Morgan fingerprint density at radius 3 is 2.72 bits per heavy atom. The molecule has 100 valence electrons. The standard InChI is InChI=1S/C12H17N3O2.ClH/c1-15-7-10(4-5-11(15)16)14-12(17)8-2-3-9(13)6-8;/h4-5,7-9H,2-3,6,13H2,1H3,(H,14,17);1H. The van der Waals surface area contributed by atoms with E-state index in [-0.39, 0.29) is 35.8 Å². The molecule has 1 fully saturated rings. The molecule has 0 bridgehead atoms. The first-order valence-corrected chi connectivity index (χ1v) is 5.79. The van der Waals surface area contributed by atoms with E-state index in [4.69, 9.17) is 5.73 Å². The van der Waals surface area contributed by atoms with Crippen LogP contribution in [0.25, 0.3) is 0 Å². The van der Waals surface area contributed by atoms with Crippen molar-refractivity contribution in [3.8, 4) is 0 Å². The number of anilines is 1. The van der Waals surface area contributed by atoms with Crippen LogP contribution in [-0.2, 0) is 11.8 Å². The number of amides is 1. The molecule has 0 radical (unpaired) electrons. The molecule has 18 heavy (non-hydrogen) atoms. The first kappa shape index (κ1) is 14.7. The number of carbonyl (C=O) groups excluding carboxylic acids is 1. The minimum atomic E-state index is -0.0918. The molecule has 0 aromatic carbocycles. The van der Waals surface area contributed by atoms with Crippen molar-refractivity contribution in [2.45, 2.75) is 25.3 Å². The van der Waals surface area contributed by atoms with Crippen molar-refractivity contribution in [1.82, 2.24) is 4.57 Å². The predicted molar refractivity (Wildman–Crippen MR) is 72.9 cm³/mol. The van der Waals surface area contributed by atoms with Crippen molar-refractivity contribution in [3.63, 3.8) is 0 Å². The lowest BCUT2D eigenvalue weighted by atomic mass is 10.1. The van der Waals surface area contributed by atoms with Crippen molar-refractivity contribution in [1.29, 1.82) is 0 Å². The average molecular weight is 272 g/mol. The zero-order valence-corrected chi connectivity index (χ0v) is 11.1. The van der Waals surface area contributed by atoms with Gasteiger partial charge in [0.25, 0.3) is 0 Å². The van der Waals surface area contributed by atoms with E-state index in [1.54, 1.807) is 19.3 Å². The van der Waals surface area contributed by atoms with Crippen LogP contribution in [0.1, 0.15) is 19.3 Å². The summed E-state index contributed by atoms with van der Waals surface area (Å²) in [5, 5.41) is 2.82. The number of rotatable bonds is 2. The second-order valence-electron chi connectivity index (χ2n) is 4.63. The maximum absolute atomic E-state index is 11.9. The summed E-state index contributed by atoms with van der Waals surface area (Å²) in [5.41, 5.74) is 6.33. The van der Waals surface area contributed by atoms with Crippen LogP contribution in [-0.4, -0.2) is 16.5 Å². The Balaban J connectivity index is 0.00000162. The van der Waals surface area contributed by atoms with Gasteiger partial charge in [-0.3, -0.25) is 9.59 Å². The van der Waals surface area contributed by atoms with E-state index in [0.29, 0.717) is 5.69 Å². The van der Waals surface area contributed by atoms with Gasteiger partial charge in [-0.15, -0.1) is 12.4 Å². The molecular weight excluding hydrogens is 254 g/mol. The SMILES string of the molecule is Cl.Cn1cc(NC(=O)C2CCC(N)C2)ccc1=O. The highest BCUT2D eigenvalue weighted by atomic mass is 35.5. The van der Waals surface area contributed by atoms with Crippen molar-refractivity contribution >= 4 is 24.0 Å². The summed E-state index contributed by atoms with van der Waals surface area (Å²) in [6, 6.07) is 3.20. The number of nitrogens with two attached hydrogens (primary N) is 1. The number of hydrogen-bond donors (Lipinski definition) is 2. The van der Waals surface area contributed by atoms with Gasteiger partial charge in [-0.05, 0) is 25.3 Å². The summed E-state index contributed by atoms with van der Waals surface area (Å²) >= 11 is 0. The number of carbonyl (C=O) groups is 1. The van der Waals surface area contributed by atoms with Crippen LogP contribution in [0.2, 0.25) is 0 Å². The molecule has 0 aliphatic heterocycles. The third-order valence-corrected chi connectivity index (χ3v) is 3.20. The number of aromatic nitrogens is 1. The molecule has 0 saturated heterocycles. The van der Waals surface area contributed by atoms with Gasteiger partial charge in [0.2, 0.25) is 11.5 Å². The van der Waals surface area contributed by atoms with Gasteiger partial charge in [0.1, 0.15) is 0 Å². The van der Waals surface area contributed by atoms with Crippen molar-refractivity contribution < 1.29 is 4.79 Å². The molecule has 2 unspecified atom stereocenters. The van der Waals surface area contributed by atoms with E-state index in [2.05, 4.69) is 5.32 Å². The van der Waals surface area contributed by atoms with Gasteiger partial charge in [-0.25, -0.2) is 0 Å². The maximum atomic E-state index is 11.9. The molecule has 1 aliphatic rings. The van der Waals surface area contributed by atoms with E-state index < -0.39 is 0 Å². The summed E-state index contributed by atoms with van der Waals surface area (Å²) in [7, 11) is 1.66. The third kappa shape index (κ3) is 3.34. The highest BCUT2D eigenvalue weighted by Gasteiger charge is 2.27. The van der Waals surface area contributed by atoms with Crippen LogP contribution in [0.5, 0.6) is 0 Å². The summed E-state index contributed by atoms with van der Waals surface area (Å²) in [5.74, 6) is -0.00108. The van der Waals surface area contributed by atoms with Gasteiger partial charge in [0, 0.05) is 31.3 Å². The summed E-state index contributed by atoms with van der Waals surface area (Å²) < 4.78 is 1.44. The fourth-order valence-electron chi connectivity index (χ4n) is 2.17. The molecule has 6 heteroatoms. The van der Waals surface area contributed by atoms with Gasteiger partial charge >= 0.3 is 0 Å². The molecule has 3 N–H and O–H groups in total. The minimum Gasteiger partial charge on any atom is -0.328 e. The fourth-order valence-corrected chi connectivity index (χ4v) is 2.17. The lowest BCUT2D eigenvalue weighted by molar-refractivity contribution is -0.119. The number of nitrogens with zero attached hydrogens (tertiary/aromatic N) is 1. The molecule has 2 atom stereocenters. The van der Waals surface area contributed by atoms with Crippen LogP contribution in [0.15, 0.2) is 23.1 Å². The third-order valence-electron chi connectivity index (χ3n) is 3.20. The zero-order valence-electron chi connectivity index (χ0n) is 10.3. The Bertz CT molecular complexity index is 486. The summed E-state index contributed by atoms with van der Waals surface area (Å²) in [4.78, 5) is 23.1. The molecule has 1 aromatic heterocycles. The van der Waals surface area contributed by atoms with Crippen LogP contribution in [0.3, 0.4) is 0 Å². The Morgan fingerprint density at radius 2 is 2.17 bits per heavy atom. The molecular formula is C12H18ClN3O2. The Morgan fingerprint density at radius 1 is 1.44 bits per heavy atom. The predicted octanol–water partition coefficient (Wildman–Crippen LogP) is 0.873. The maximum Gasteiger partial charge on any atom is 0.250 e. The van der Waals surface area contributed by atoms with Crippen LogP contribution >= 0.6 is 12.4 Å². The molecule has 0 spiro atoms. The first-order valence-electron chi connectivity index (χ1n) is 5.79. The molecule has 1 heterocycles. The van der Waals surface area contributed by atoms with Gasteiger partial charge < -0.3 is 15.6 Å². The van der Waals surface area contributed by atoms with Crippen molar-refractivity contribution in [2.75, 3.05) is 5.32 Å². The number of hydrogen-bond acceptors (Lipinski definition) is 3. The monoisotopic (exact) mass is 271 g/mol. The molecule has 1 saturated carbocycles. The number of pyridine rings is 1. The first-order chi connectivity index (χ1) is 8.06. The smallest absolute Gasteiger partial charge is 0.250 e. The lowest BCUT2D eigenvalue weighted by Crippen LogP contribution is -2.24. The van der Waals surface area contributed by atoms with E-state index in [1.807, 2.05) is 0 Å².